The normalized spacial score (nSPS) is 13.5. The first-order valence-electron chi connectivity index (χ1n) is 10.5. The van der Waals surface area contributed by atoms with Crippen molar-refractivity contribution in [1.82, 2.24) is 0 Å². The van der Waals surface area contributed by atoms with Gasteiger partial charge in [-0.05, 0) is 0 Å². The molecule has 6 rings (SSSR count). The van der Waals surface area contributed by atoms with Crippen LogP contribution in [-0.2, 0) is 51.9 Å². The topological polar surface area (TPSA) is 0 Å². The van der Waals surface area contributed by atoms with E-state index >= 15 is 0 Å². The Morgan fingerprint density at radius 2 is 1.03 bits per heavy atom. The molecule has 0 atom stereocenters. The largest absolute Gasteiger partial charge is 2.00 e. The number of rotatable bonds is 0. The molecule has 2 aliphatic rings. The first-order valence-corrected chi connectivity index (χ1v) is 10.5. The molecule has 0 aliphatic heterocycles. The fourth-order valence-electron chi connectivity index (χ4n) is 4.30. The summed E-state index contributed by atoms with van der Waals surface area (Å²) in [6, 6.07) is 28.1. The van der Waals surface area contributed by atoms with Gasteiger partial charge in [-0.2, -0.15) is 64.0 Å². The van der Waals surface area contributed by atoms with Crippen molar-refractivity contribution in [2.45, 2.75) is 51.4 Å². The summed E-state index contributed by atoms with van der Waals surface area (Å²) in [7, 11) is 0. The van der Waals surface area contributed by atoms with Gasteiger partial charge in [0.1, 0.15) is 0 Å². The molecule has 0 aromatic heterocycles. The van der Waals surface area contributed by atoms with E-state index < -0.39 is 0 Å². The van der Waals surface area contributed by atoms with E-state index in [9.17, 15) is 0 Å². The van der Waals surface area contributed by atoms with Crippen molar-refractivity contribution in [2.24, 2.45) is 0 Å². The van der Waals surface area contributed by atoms with E-state index in [1.807, 2.05) is 0 Å². The average Bonchev–Trinajstić information content (AvgIpc) is 3.48. The van der Waals surface area contributed by atoms with Crippen LogP contribution in [0.1, 0.15) is 47.9 Å². The van der Waals surface area contributed by atoms with Gasteiger partial charge in [0.15, 0.2) is 0 Å². The van der Waals surface area contributed by atoms with E-state index in [1.54, 1.807) is 22.3 Å². The number of benzene rings is 1. The number of fused-ring (bicyclic) bond motifs is 3. The molecular weight excluding hydrogens is 486 g/mol. The van der Waals surface area contributed by atoms with Gasteiger partial charge in [-0.3, -0.25) is 0 Å². The van der Waals surface area contributed by atoms with Gasteiger partial charge >= 0.3 is 26.2 Å². The molecule has 158 valence electrons. The van der Waals surface area contributed by atoms with Gasteiger partial charge in [0, 0.05) is 0 Å². The fourth-order valence-corrected chi connectivity index (χ4v) is 4.30. The predicted octanol–water partition coefficient (Wildman–Crippen LogP) is 1.13. The van der Waals surface area contributed by atoms with Crippen LogP contribution in [0, 0.1) is 0 Å². The van der Waals surface area contributed by atoms with Gasteiger partial charge in [0.2, 0.25) is 0 Å². The summed E-state index contributed by atoms with van der Waals surface area (Å²) >= 11 is 0. The van der Waals surface area contributed by atoms with Crippen molar-refractivity contribution in [1.29, 1.82) is 0 Å². The summed E-state index contributed by atoms with van der Waals surface area (Å²) in [6.45, 7) is 0. The Morgan fingerprint density at radius 1 is 0.533 bits per heavy atom. The Kier molecular flexibility index (Phi) is 12.7. The summed E-state index contributed by atoms with van der Waals surface area (Å²) in [5.74, 6) is 0. The summed E-state index contributed by atoms with van der Waals surface area (Å²) in [5, 5.41) is 2.66. The quantitative estimate of drug-likeness (QED) is 0.308. The minimum atomic E-state index is 0. The molecule has 0 spiro atoms. The molecule has 0 unspecified atom stereocenters. The van der Waals surface area contributed by atoms with E-state index in [2.05, 4.69) is 78.9 Å². The second-order valence-electron chi connectivity index (χ2n) is 7.72. The number of hydrogen-bond acceptors (Lipinski definition) is 0. The second kappa shape index (κ2) is 14.1. The zero-order chi connectivity index (χ0) is 18.3. The molecule has 0 amide bonds. The maximum absolute atomic E-state index is 2.26. The van der Waals surface area contributed by atoms with Crippen LogP contribution in [0.3, 0.4) is 0 Å². The first kappa shape index (κ1) is 27.0. The molecule has 2 aliphatic carbocycles. The molecule has 4 aromatic carbocycles. The maximum Gasteiger partial charge on any atom is 2.00 e. The zero-order valence-corrected chi connectivity index (χ0v) is 21.4. The van der Waals surface area contributed by atoms with Crippen LogP contribution in [0.25, 0.3) is 10.8 Å². The molecule has 0 saturated heterocycles. The zero-order valence-electron chi connectivity index (χ0n) is 17.4. The predicted molar refractivity (Wildman–Crippen MR) is 117 cm³/mol. The minimum Gasteiger partial charge on any atom is -1.00 e. The second-order valence-corrected chi connectivity index (χ2v) is 7.72. The van der Waals surface area contributed by atoms with Crippen molar-refractivity contribution >= 4 is 10.8 Å². The van der Waals surface area contributed by atoms with Crippen LogP contribution in [0.2, 0.25) is 0 Å². The molecule has 0 nitrogen and oxygen atoms in total. The van der Waals surface area contributed by atoms with Crippen LogP contribution < -0.4 is 24.8 Å². The standard InChI is InChI=1S/2C9H11.C9H7.2ClH.Zr/c3*1-2-5-9-7-3-6-8(9)4-1;;;/h2*3,6-7H,1-2,4-5H2;1-7H;2*1H;/q3*-1;;;+2/p-2. The number of halogens is 2. The van der Waals surface area contributed by atoms with Gasteiger partial charge in [-0.1, -0.05) is 57.4 Å². The Hall–Kier alpha value is -1.01. The molecule has 0 fully saturated rings. The average molecular weight is 516 g/mol. The van der Waals surface area contributed by atoms with Gasteiger partial charge in [-0.15, -0.1) is 29.7 Å². The Balaban J connectivity index is 0.000000214. The molecule has 0 heterocycles. The third-order valence-corrected chi connectivity index (χ3v) is 5.85. The van der Waals surface area contributed by atoms with E-state index in [0.717, 1.165) is 0 Å². The molecule has 0 saturated carbocycles. The SMILES string of the molecule is [Cl-].[Cl-].[Zr+2].c1cc2c([cH-]1)CCCC2.c1cc2c([cH-]1)CCCC2.c1ccc2[cH-]ccc2c1. The molecule has 0 radical (unpaired) electrons. The van der Waals surface area contributed by atoms with Gasteiger partial charge < -0.3 is 24.8 Å². The maximum atomic E-state index is 2.26. The summed E-state index contributed by atoms with van der Waals surface area (Å²) in [5.41, 5.74) is 6.39. The van der Waals surface area contributed by atoms with E-state index in [1.165, 1.54) is 62.1 Å². The van der Waals surface area contributed by atoms with E-state index in [-0.39, 0.29) is 51.0 Å². The molecular formula is C27H29Cl2Zr-3. The van der Waals surface area contributed by atoms with Crippen LogP contribution in [-0.4, -0.2) is 0 Å². The summed E-state index contributed by atoms with van der Waals surface area (Å²) in [4.78, 5) is 0. The molecule has 3 heteroatoms. The Bertz CT molecular complexity index is 842. The summed E-state index contributed by atoms with van der Waals surface area (Å²) < 4.78 is 0. The smallest absolute Gasteiger partial charge is 1.00 e. The van der Waals surface area contributed by atoms with Gasteiger partial charge in [-0.25, -0.2) is 12.1 Å². The van der Waals surface area contributed by atoms with Crippen molar-refractivity contribution in [2.75, 3.05) is 0 Å². The molecule has 4 aromatic rings. The van der Waals surface area contributed by atoms with Crippen LogP contribution in [0.15, 0.2) is 78.9 Å². The van der Waals surface area contributed by atoms with E-state index in [4.69, 9.17) is 0 Å². The Labute approximate surface area is 213 Å². The van der Waals surface area contributed by atoms with Crippen LogP contribution in [0.4, 0.5) is 0 Å². The van der Waals surface area contributed by atoms with Crippen molar-refractivity contribution in [3.05, 3.63) is 101 Å². The minimum absolute atomic E-state index is 0. The third kappa shape index (κ3) is 7.30. The number of hydrogen-bond donors (Lipinski definition) is 0. The summed E-state index contributed by atoms with van der Waals surface area (Å²) in [6.07, 6.45) is 10.9. The van der Waals surface area contributed by atoms with Crippen molar-refractivity contribution in [3.63, 3.8) is 0 Å². The van der Waals surface area contributed by atoms with Crippen molar-refractivity contribution in [3.8, 4) is 0 Å². The molecule has 0 N–H and O–H groups in total. The van der Waals surface area contributed by atoms with Crippen LogP contribution >= 0.6 is 0 Å². The molecule has 30 heavy (non-hydrogen) atoms. The van der Waals surface area contributed by atoms with E-state index in [0.29, 0.717) is 0 Å². The fraction of sp³-hybridized carbons (Fsp3) is 0.296. The first-order chi connectivity index (χ1) is 13.4. The van der Waals surface area contributed by atoms with Crippen LogP contribution in [0.5, 0.6) is 0 Å². The van der Waals surface area contributed by atoms with Gasteiger partial charge in [0.25, 0.3) is 0 Å². The third-order valence-electron chi connectivity index (χ3n) is 5.85. The Morgan fingerprint density at radius 3 is 1.57 bits per heavy atom. The monoisotopic (exact) mass is 513 g/mol. The number of aryl methyl sites for hydroxylation is 4. The molecule has 0 bridgehead atoms. The van der Waals surface area contributed by atoms with Crippen molar-refractivity contribution < 1.29 is 51.0 Å². The van der Waals surface area contributed by atoms with Gasteiger partial charge in [0.05, 0.1) is 0 Å².